The summed E-state index contributed by atoms with van der Waals surface area (Å²) in [7, 11) is 3.51. The van der Waals surface area contributed by atoms with Gasteiger partial charge >= 0.3 is 6.03 Å². The number of nitrogens with one attached hydrogen (secondary N) is 2. The number of hydrogen-bond acceptors (Lipinski definition) is 11. The third-order valence-corrected chi connectivity index (χ3v) is 8.67. The number of anilines is 2. The highest BCUT2D eigenvalue weighted by atomic mass is 16.7. The molecule has 2 aromatic carbocycles. The fourth-order valence-corrected chi connectivity index (χ4v) is 6.58. The lowest BCUT2D eigenvalue weighted by atomic mass is 9.59. The number of fused-ring (bicyclic) bond motifs is 4. The first-order chi connectivity index (χ1) is 20.8. The number of rotatable bonds is 5. The van der Waals surface area contributed by atoms with Crippen LogP contribution >= 0.6 is 0 Å². The van der Waals surface area contributed by atoms with Crippen LogP contribution in [0.2, 0.25) is 0 Å². The second-order valence-corrected chi connectivity index (χ2v) is 11.4. The molecule has 0 bridgehead atoms. The number of phenols is 1. The number of aliphatic hydroxyl groups excluding tert-OH is 2. The van der Waals surface area contributed by atoms with Crippen LogP contribution in [-0.4, -0.2) is 70.4 Å². The average Bonchev–Trinajstić information content (AvgIpc) is 3.42. The molecule has 3 atom stereocenters. The molecule has 1 saturated carbocycles. The van der Waals surface area contributed by atoms with Crippen molar-refractivity contribution in [1.29, 1.82) is 0 Å². The van der Waals surface area contributed by atoms with Gasteiger partial charge in [0.25, 0.3) is 5.91 Å². The van der Waals surface area contributed by atoms with Crippen LogP contribution in [0.4, 0.5) is 16.2 Å². The Morgan fingerprint density at radius 2 is 1.82 bits per heavy atom. The number of phenolic OH excluding ortho intramolecular Hbond substituents is 1. The highest BCUT2D eigenvalue weighted by Gasteiger charge is 2.60. The molecular weight excluding hydrogens is 576 g/mol. The quantitative estimate of drug-likeness (QED) is 0.242. The summed E-state index contributed by atoms with van der Waals surface area (Å²) in [5, 5.41) is 50.4. The van der Waals surface area contributed by atoms with Crippen LogP contribution < -0.4 is 30.7 Å². The Morgan fingerprint density at radius 3 is 2.52 bits per heavy atom. The Hall–Kier alpha value is -5.24. The van der Waals surface area contributed by atoms with Gasteiger partial charge in [0, 0.05) is 61.6 Å². The monoisotopic (exact) mass is 606 g/mol. The summed E-state index contributed by atoms with van der Waals surface area (Å²) in [6.45, 7) is -0.0894. The maximum atomic E-state index is 13.8. The van der Waals surface area contributed by atoms with E-state index in [1.165, 1.54) is 0 Å². The molecule has 0 radical (unpaired) electrons. The van der Waals surface area contributed by atoms with Gasteiger partial charge in [-0.2, -0.15) is 0 Å². The largest absolute Gasteiger partial charge is 0.508 e. The Bertz CT molecular complexity index is 1730. The van der Waals surface area contributed by atoms with Crippen molar-refractivity contribution in [2.75, 3.05) is 31.1 Å². The van der Waals surface area contributed by atoms with Gasteiger partial charge in [0.15, 0.2) is 22.9 Å². The summed E-state index contributed by atoms with van der Waals surface area (Å²) >= 11 is 0. The number of aliphatic hydroxyl groups is 3. The molecule has 6 rings (SSSR count). The first-order valence-corrected chi connectivity index (χ1v) is 13.8. The van der Waals surface area contributed by atoms with Gasteiger partial charge in [-0.25, -0.2) is 4.79 Å². The summed E-state index contributed by atoms with van der Waals surface area (Å²) in [5.41, 5.74) is 3.23. The molecule has 8 N–H and O–H groups in total. The first-order valence-electron chi connectivity index (χ1n) is 13.8. The number of urea groups is 1. The fourth-order valence-electron chi connectivity index (χ4n) is 6.58. The fraction of sp³-hybridized carbons (Fsp3) is 0.333. The molecule has 0 unspecified atom stereocenters. The third-order valence-electron chi connectivity index (χ3n) is 8.67. The number of nitrogens with two attached hydrogens (primary N) is 1. The van der Waals surface area contributed by atoms with Gasteiger partial charge in [-0.3, -0.25) is 14.4 Å². The number of amides is 3. The minimum atomic E-state index is -2.65. The summed E-state index contributed by atoms with van der Waals surface area (Å²) < 4.78 is 10.6. The third kappa shape index (κ3) is 4.28. The molecule has 1 fully saturated rings. The van der Waals surface area contributed by atoms with Crippen LogP contribution in [0, 0.1) is 11.8 Å². The number of primary amides is 1. The number of carbonyl (C=O) groups excluding carboxylic acids is 4. The number of benzene rings is 2. The molecule has 0 aromatic heterocycles. The van der Waals surface area contributed by atoms with Crippen molar-refractivity contribution >= 4 is 40.6 Å². The predicted molar refractivity (Wildman–Crippen MR) is 154 cm³/mol. The van der Waals surface area contributed by atoms with Gasteiger partial charge in [0.2, 0.25) is 12.6 Å². The van der Waals surface area contributed by atoms with Crippen molar-refractivity contribution in [1.82, 2.24) is 5.32 Å². The maximum Gasteiger partial charge on any atom is 0.319 e. The number of nitrogens with zero attached hydrogens (tertiary/aromatic N) is 1. The van der Waals surface area contributed by atoms with E-state index < -0.39 is 70.2 Å². The van der Waals surface area contributed by atoms with Gasteiger partial charge in [-0.1, -0.05) is 0 Å². The average molecular weight is 607 g/mol. The first kappa shape index (κ1) is 28.9. The standard InChI is InChI=1S/C30H30N4O10/c1-34(2)17-7-13(10-32-29(41)33-15-3-4-19-20(9-15)44-11-43-19)24(36)22-16(17)6-12-5-14-8-18(35)23(28(31)40)27(39)30(14,42)26(38)21(12)25(22)37/h3-4,7,9,12,14,36-37,39,42H,5-6,8,10-11H2,1-2H3,(H2,31,40)(H2,32,33,41)/t12-,14+,30+/m1/s1. The Balaban J connectivity index is 1.34. The molecule has 2 aromatic rings. The molecule has 14 heteroatoms. The summed E-state index contributed by atoms with van der Waals surface area (Å²) in [6.07, 6.45) is -0.208. The number of ether oxygens (including phenoxy) is 2. The molecular formula is C30H30N4O10. The normalized spacial score (nSPS) is 23.5. The van der Waals surface area contributed by atoms with Crippen molar-refractivity contribution < 1.29 is 49.1 Å². The lowest BCUT2D eigenvalue weighted by Gasteiger charge is -2.46. The number of hydrogen-bond donors (Lipinski definition) is 7. The predicted octanol–water partition coefficient (Wildman–Crippen LogP) is 1.54. The van der Waals surface area contributed by atoms with E-state index in [-0.39, 0.29) is 42.9 Å². The number of aromatic hydroxyl groups is 1. The Kier molecular flexibility index (Phi) is 6.68. The molecule has 44 heavy (non-hydrogen) atoms. The highest BCUT2D eigenvalue weighted by Crippen LogP contribution is 2.53. The van der Waals surface area contributed by atoms with Gasteiger partial charge in [0.05, 0.1) is 5.56 Å². The molecule has 1 aliphatic heterocycles. The zero-order chi connectivity index (χ0) is 31.7. The SMILES string of the molecule is CN(C)c1cc(CNC(=O)Nc2ccc3c(c2)OCO3)c(O)c2c1C[C@H]1C[C@H]3CC(=O)C(C(N)=O)=C(O)[C@@]3(O)C(=O)C1=C2O. The molecule has 4 aliphatic rings. The van der Waals surface area contributed by atoms with Crippen LogP contribution in [0.3, 0.4) is 0 Å². The molecule has 0 spiro atoms. The minimum absolute atomic E-state index is 0.0277. The van der Waals surface area contributed by atoms with E-state index in [0.717, 1.165) is 0 Å². The zero-order valence-electron chi connectivity index (χ0n) is 23.8. The molecule has 1 heterocycles. The van der Waals surface area contributed by atoms with Crippen molar-refractivity contribution in [3.63, 3.8) is 0 Å². The lowest BCUT2D eigenvalue weighted by Crippen LogP contribution is -2.58. The number of Topliss-reactive ketones (excluding diaryl/α,β-unsaturated/α-hetero) is 2. The Morgan fingerprint density at radius 1 is 1.09 bits per heavy atom. The van der Waals surface area contributed by atoms with E-state index in [4.69, 9.17) is 15.2 Å². The van der Waals surface area contributed by atoms with E-state index in [1.54, 1.807) is 43.3 Å². The van der Waals surface area contributed by atoms with Crippen molar-refractivity contribution in [2.24, 2.45) is 17.6 Å². The topological polar surface area (TPSA) is 221 Å². The minimum Gasteiger partial charge on any atom is -0.508 e. The van der Waals surface area contributed by atoms with Crippen LogP contribution in [0.5, 0.6) is 17.2 Å². The Labute approximate surface area is 250 Å². The van der Waals surface area contributed by atoms with E-state index in [1.807, 2.05) is 0 Å². The highest BCUT2D eigenvalue weighted by molar-refractivity contribution is 6.22. The van der Waals surface area contributed by atoms with Crippen LogP contribution in [0.1, 0.15) is 29.5 Å². The van der Waals surface area contributed by atoms with Crippen molar-refractivity contribution in [3.05, 3.63) is 57.9 Å². The molecule has 0 saturated heterocycles. The lowest BCUT2D eigenvalue weighted by molar-refractivity contribution is -0.147. The van der Waals surface area contributed by atoms with Crippen LogP contribution in [-0.2, 0) is 27.3 Å². The smallest absolute Gasteiger partial charge is 0.319 e. The van der Waals surface area contributed by atoms with Crippen molar-refractivity contribution in [3.8, 4) is 17.2 Å². The van der Waals surface area contributed by atoms with Gasteiger partial charge in [-0.15, -0.1) is 0 Å². The second kappa shape index (κ2) is 10.2. The summed E-state index contributed by atoms with van der Waals surface area (Å²) in [6, 6.07) is 5.96. The number of ketones is 2. The van der Waals surface area contributed by atoms with Crippen molar-refractivity contribution in [2.45, 2.75) is 31.4 Å². The molecule has 3 amide bonds. The van der Waals surface area contributed by atoms with Crippen LogP contribution in [0.15, 0.2) is 41.2 Å². The summed E-state index contributed by atoms with van der Waals surface area (Å²) in [5.74, 6) is -5.96. The maximum absolute atomic E-state index is 13.8. The zero-order valence-corrected chi connectivity index (χ0v) is 23.8. The van der Waals surface area contributed by atoms with Crippen LogP contribution in [0.25, 0.3) is 5.76 Å². The van der Waals surface area contributed by atoms with E-state index in [0.29, 0.717) is 28.4 Å². The number of carbonyl (C=O) groups is 4. The van der Waals surface area contributed by atoms with Gasteiger partial charge in [-0.05, 0) is 42.5 Å². The molecule has 3 aliphatic carbocycles. The molecule has 14 nitrogen and oxygen atoms in total. The van der Waals surface area contributed by atoms with E-state index in [2.05, 4.69) is 10.6 Å². The van der Waals surface area contributed by atoms with E-state index >= 15 is 0 Å². The van der Waals surface area contributed by atoms with E-state index in [9.17, 15) is 39.6 Å². The van der Waals surface area contributed by atoms with Gasteiger partial charge in [0.1, 0.15) is 22.8 Å². The van der Waals surface area contributed by atoms with Gasteiger partial charge < -0.3 is 51.2 Å². The second-order valence-electron chi connectivity index (χ2n) is 11.4. The summed E-state index contributed by atoms with van der Waals surface area (Å²) in [4.78, 5) is 52.7. The molecule has 230 valence electrons.